The summed E-state index contributed by atoms with van der Waals surface area (Å²) in [5.41, 5.74) is 0.899. The Bertz CT molecular complexity index is 515. The first-order chi connectivity index (χ1) is 9.06. The van der Waals surface area contributed by atoms with Gasteiger partial charge in [-0.15, -0.1) is 0 Å². The van der Waals surface area contributed by atoms with Gasteiger partial charge >= 0.3 is 0 Å². The van der Waals surface area contributed by atoms with Crippen LogP contribution in [0.5, 0.6) is 0 Å². The van der Waals surface area contributed by atoms with Gasteiger partial charge in [-0.25, -0.2) is 0 Å². The van der Waals surface area contributed by atoms with Crippen LogP contribution in [0.25, 0.3) is 0 Å². The number of carbonyl (C=O) groups excluding carboxylic acids is 2. The first-order valence-electron chi connectivity index (χ1n) is 6.05. The molecule has 6 nitrogen and oxygen atoms in total. The molecule has 2 unspecified atom stereocenters. The Balaban J connectivity index is 2.27. The number of hydrogen-bond donors (Lipinski definition) is 4. The van der Waals surface area contributed by atoms with Crippen LogP contribution in [0, 0.1) is 0 Å². The van der Waals surface area contributed by atoms with E-state index < -0.39 is 23.9 Å². The molecule has 4 N–H and O–H groups in total. The lowest BCUT2D eigenvalue weighted by Crippen LogP contribution is -2.24. The molecule has 0 saturated carbocycles. The van der Waals surface area contributed by atoms with Crippen LogP contribution in [0.1, 0.15) is 28.4 Å². The number of anilines is 1. The summed E-state index contributed by atoms with van der Waals surface area (Å²) in [5.74, 6) is -1.33. The minimum absolute atomic E-state index is 0.238. The molecule has 0 aliphatic carbocycles. The molecule has 0 aromatic heterocycles. The largest absolute Gasteiger partial charge is 0.390 e. The average molecular weight is 264 g/mol. The summed E-state index contributed by atoms with van der Waals surface area (Å²) in [7, 11) is 1.75. The molecule has 2 rings (SSSR count). The highest BCUT2D eigenvalue weighted by molar-refractivity contribution is 6.51. The molecule has 1 aliphatic heterocycles. The monoisotopic (exact) mass is 264 g/mol. The molecule has 1 amide bonds. The highest BCUT2D eigenvalue weighted by atomic mass is 16.3. The molecule has 0 radical (unpaired) electrons. The van der Waals surface area contributed by atoms with Crippen molar-refractivity contribution in [3.8, 4) is 0 Å². The Morgan fingerprint density at radius 3 is 2.74 bits per heavy atom. The van der Waals surface area contributed by atoms with Gasteiger partial charge in [0.1, 0.15) is 6.10 Å². The summed E-state index contributed by atoms with van der Waals surface area (Å²) in [4.78, 5) is 22.9. The minimum Gasteiger partial charge on any atom is -0.390 e. The number of amides is 1. The van der Waals surface area contributed by atoms with Crippen LogP contribution in [-0.4, -0.2) is 41.6 Å². The fraction of sp³-hybridized carbons (Fsp3) is 0.385. The molecule has 19 heavy (non-hydrogen) atoms. The van der Waals surface area contributed by atoms with Crippen LogP contribution in [-0.2, 0) is 4.79 Å². The zero-order valence-electron chi connectivity index (χ0n) is 10.5. The number of carbonyl (C=O) groups is 2. The van der Waals surface area contributed by atoms with Gasteiger partial charge in [0.25, 0.3) is 11.7 Å². The molecule has 0 saturated heterocycles. The highest BCUT2D eigenvalue weighted by Crippen LogP contribution is 2.33. The SMILES string of the molecule is CNCCC(O)C(O)c1cccc2c1NC(=O)C2=O. The van der Waals surface area contributed by atoms with Crippen molar-refractivity contribution in [3.05, 3.63) is 29.3 Å². The van der Waals surface area contributed by atoms with Crippen LogP contribution in [0.3, 0.4) is 0 Å². The molecular formula is C13H16N2O4. The van der Waals surface area contributed by atoms with Gasteiger partial charge in [0.05, 0.1) is 17.4 Å². The first kappa shape index (κ1) is 13.7. The Morgan fingerprint density at radius 2 is 2.05 bits per heavy atom. The molecule has 1 heterocycles. The number of aliphatic hydroxyl groups excluding tert-OH is 2. The molecular weight excluding hydrogens is 248 g/mol. The van der Waals surface area contributed by atoms with Gasteiger partial charge < -0.3 is 20.8 Å². The molecule has 0 bridgehead atoms. The zero-order chi connectivity index (χ0) is 14.0. The van der Waals surface area contributed by atoms with E-state index >= 15 is 0 Å². The molecule has 0 spiro atoms. The first-order valence-corrected chi connectivity index (χ1v) is 6.05. The molecule has 1 aromatic carbocycles. The third-order valence-electron chi connectivity index (χ3n) is 3.16. The van der Waals surface area contributed by atoms with Crippen molar-refractivity contribution in [1.82, 2.24) is 5.32 Å². The minimum atomic E-state index is -1.14. The maximum Gasteiger partial charge on any atom is 0.296 e. The van der Waals surface area contributed by atoms with Crippen LogP contribution in [0.15, 0.2) is 18.2 Å². The van der Waals surface area contributed by atoms with E-state index in [1.807, 2.05) is 0 Å². The summed E-state index contributed by atoms with van der Waals surface area (Å²) in [5, 5.41) is 25.3. The fourth-order valence-corrected chi connectivity index (χ4v) is 2.10. The normalized spacial score (nSPS) is 17.0. The number of fused-ring (bicyclic) bond motifs is 1. The predicted molar refractivity (Wildman–Crippen MR) is 68.9 cm³/mol. The van der Waals surface area contributed by atoms with E-state index in [4.69, 9.17) is 0 Å². The number of para-hydroxylation sites is 1. The fourth-order valence-electron chi connectivity index (χ4n) is 2.10. The van der Waals surface area contributed by atoms with E-state index in [0.29, 0.717) is 24.2 Å². The lowest BCUT2D eigenvalue weighted by molar-refractivity contribution is -0.112. The van der Waals surface area contributed by atoms with Crippen molar-refractivity contribution >= 4 is 17.4 Å². The second kappa shape index (κ2) is 5.48. The third kappa shape index (κ3) is 2.51. The van der Waals surface area contributed by atoms with Crippen LogP contribution in [0.2, 0.25) is 0 Å². The number of hydrogen-bond acceptors (Lipinski definition) is 5. The molecule has 0 fully saturated rings. The number of benzene rings is 1. The van der Waals surface area contributed by atoms with Crippen molar-refractivity contribution in [1.29, 1.82) is 0 Å². The van der Waals surface area contributed by atoms with Crippen molar-refractivity contribution in [2.45, 2.75) is 18.6 Å². The number of rotatable bonds is 5. The number of nitrogens with one attached hydrogen (secondary N) is 2. The Kier molecular flexibility index (Phi) is 3.94. The van der Waals surface area contributed by atoms with Crippen LogP contribution < -0.4 is 10.6 Å². The molecule has 2 atom stereocenters. The molecule has 6 heteroatoms. The van der Waals surface area contributed by atoms with Gasteiger partial charge in [0, 0.05) is 5.56 Å². The van der Waals surface area contributed by atoms with E-state index in [0.717, 1.165) is 0 Å². The van der Waals surface area contributed by atoms with E-state index in [-0.39, 0.29) is 5.56 Å². The Morgan fingerprint density at radius 1 is 1.32 bits per heavy atom. The zero-order valence-corrected chi connectivity index (χ0v) is 10.5. The highest BCUT2D eigenvalue weighted by Gasteiger charge is 2.32. The predicted octanol–water partition coefficient (Wildman–Crippen LogP) is -0.175. The Labute approximate surface area is 110 Å². The Hall–Kier alpha value is -1.76. The van der Waals surface area contributed by atoms with Crippen molar-refractivity contribution in [3.63, 3.8) is 0 Å². The van der Waals surface area contributed by atoms with Gasteiger partial charge in [0.15, 0.2) is 0 Å². The third-order valence-corrected chi connectivity index (χ3v) is 3.16. The van der Waals surface area contributed by atoms with Crippen LogP contribution in [0.4, 0.5) is 5.69 Å². The van der Waals surface area contributed by atoms with Crippen molar-refractivity contribution in [2.75, 3.05) is 18.9 Å². The van der Waals surface area contributed by atoms with Gasteiger partial charge in [-0.1, -0.05) is 12.1 Å². The van der Waals surface area contributed by atoms with Crippen molar-refractivity contribution in [2.24, 2.45) is 0 Å². The smallest absolute Gasteiger partial charge is 0.296 e. The topological polar surface area (TPSA) is 98.7 Å². The van der Waals surface area contributed by atoms with Gasteiger partial charge in [-0.2, -0.15) is 0 Å². The summed E-state index contributed by atoms with van der Waals surface area (Å²) in [6, 6.07) is 4.69. The number of aliphatic hydroxyl groups is 2. The lowest BCUT2D eigenvalue weighted by Gasteiger charge is -2.20. The van der Waals surface area contributed by atoms with E-state index in [9.17, 15) is 19.8 Å². The molecule has 1 aliphatic rings. The van der Waals surface area contributed by atoms with Crippen LogP contribution >= 0.6 is 0 Å². The van der Waals surface area contributed by atoms with E-state index in [1.54, 1.807) is 19.2 Å². The quantitative estimate of drug-likeness (QED) is 0.553. The second-order valence-electron chi connectivity index (χ2n) is 4.46. The second-order valence-corrected chi connectivity index (χ2v) is 4.46. The number of ketones is 1. The maximum absolute atomic E-state index is 11.5. The van der Waals surface area contributed by atoms with E-state index in [1.165, 1.54) is 6.07 Å². The maximum atomic E-state index is 11.5. The van der Waals surface area contributed by atoms with Gasteiger partial charge in [-0.3, -0.25) is 9.59 Å². The van der Waals surface area contributed by atoms with Gasteiger partial charge in [-0.05, 0) is 26.1 Å². The lowest BCUT2D eigenvalue weighted by atomic mass is 9.98. The number of Topliss-reactive ketones (excluding diaryl/α,β-unsaturated/α-hetero) is 1. The molecule has 102 valence electrons. The standard InChI is InChI=1S/C13H16N2O4/c1-14-6-5-9(16)11(17)7-3-2-4-8-10(7)15-13(19)12(8)18/h2-4,9,11,14,16-17H,5-6H2,1H3,(H,15,18,19). The van der Waals surface area contributed by atoms with E-state index in [2.05, 4.69) is 10.6 Å². The summed E-state index contributed by atoms with van der Waals surface area (Å²) < 4.78 is 0. The average Bonchev–Trinajstić information content (AvgIpc) is 2.71. The van der Waals surface area contributed by atoms with Gasteiger partial charge in [0.2, 0.25) is 0 Å². The summed E-state index contributed by atoms with van der Waals surface area (Å²) in [6.07, 6.45) is -1.75. The summed E-state index contributed by atoms with van der Waals surface area (Å²) >= 11 is 0. The molecule has 1 aromatic rings. The summed E-state index contributed by atoms with van der Waals surface area (Å²) in [6.45, 7) is 0.554. The van der Waals surface area contributed by atoms with Crippen molar-refractivity contribution < 1.29 is 19.8 Å².